The van der Waals surface area contributed by atoms with Gasteiger partial charge in [-0.05, 0) is 35.4 Å². The van der Waals surface area contributed by atoms with Gasteiger partial charge in [0.05, 0.1) is 20.6 Å². The number of cyclic esters (lactones) is 1. The van der Waals surface area contributed by atoms with Gasteiger partial charge in [-0.15, -0.1) is 0 Å². The summed E-state index contributed by atoms with van der Waals surface area (Å²) < 4.78 is 15.9. The molecule has 1 aliphatic heterocycles. The Balaban J connectivity index is 1.88. The van der Waals surface area contributed by atoms with Crippen LogP contribution in [0.3, 0.4) is 0 Å². The molecule has 1 aliphatic rings. The molecule has 4 nitrogen and oxygen atoms in total. The van der Waals surface area contributed by atoms with E-state index in [1.807, 2.05) is 48.5 Å². The molecular formula is C18H18O4. The number of hydrogen-bond donors (Lipinski definition) is 0. The van der Waals surface area contributed by atoms with Gasteiger partial charge < -0.3 is 14.2 Å². The van der Waals surface area contributed by atoms with Crippen LogP contribution in [0.15, 0.2) is 48.5 Å². The number of benzene rings is 2. The lowest BCUT2D eigenvalue weighted by molar-refractivity contribution is -0.141. The number of ether oxygens (including phenoxy) is 3. The average molecular weight is 298 g/mol. The standard InChI is InChI=1S/C18H18O4/c1-20-14-7-3-12(4-8-14)16-11-17(19)22-18(16)13-5-9-15(21-2)10-6-13/h3-10,16,18H,11H2,1-2H3/t16-,18-/m0/s1. The van der Waals surface area contributed by atoms with Crippen LogP contribution in [0.4, 0.5) is 0 Å². The van der Waals surface area contributed by atoms with Crippen molar-refractivity contribution in [3.63, 3.8) is 0 Å². The highest BCUT2D eigenvalue weighted by molar-refractivity contribution is 5.74. The van der Waals surface area contributed by atoms with E-state index in [4.69, 9.17) is 14.2 Å². The van der Waals surface area contributed by atoms with Gasteiger partial charge in [0.15, 0.2) is 0 Å². The van der Waals surface area contributed by atoms with Crippen LogP contribution in [0.25, 0.3) is 0 Å². The molecule has 0 amide bonds. The summed E-state index contributed by atoms with van der Waals surface area (Å²) in [6.07, 6.45) is 0.134. The summed E-state index contributed by atoms with van der Waals surface area (Å²) in [4.78, 5) is 11.8. The second-order valence-corrected chi connectivity index (χ2v) is 5.27. The van der Waals surface area contributed by atoms with Gasteiger partial charge >= 0.3 is 5.97 Å². The maximum absolute atomic E-state index is 11.8. The van der Waals surface area contributed by atoms with Crippen molar-refractivity contribution >= 4 is 5.97 Å². The minimum absolute atomic E-state index is 0.0202. The van der Waals surface area contributed by atoms with Crippen molar-refractivity contribution in [2.75, 3.05) is 14.2 Å². The van der Waals surface area contributed by atoms with E-state index in [1.165, 1.54) is 0 Å². The summed E-state index contributed by atoms with van der Waals surface area (Å²) in [6, 6.07) is 15.4. The molecular weight excluding hydrogens is 280 g/mol. The molecule has 2 aromatic carbocycles. The van der Waals surface area contributed by atoms with Gasteiger partial charge in [-0.25, -0.2) is 0 Å². The van der Waals surface area contributed by atoms with Crippen LogP contribution in [0.2, 0.25) is 0 Å². The van der Waals surface area contributed by atoms with E-state index >= 15 is 0 Å². The Kier molecular flexibility index (Phi) is 4.00. The lowest BCUT2D eigenvalue weighted by Crippen LogP contribution is -2.06. The summed E-state index contributed by atoms with van der Waals surface area (Å²) in [6.45, 7) is 0. The third-order valence-electron chi connectivity index (χ3n) is 4.00. The third-order valence-corrected chi connectivity index (χ3v) is 4.00. The second kappa shape index (κ2) is 6.10. The Hall–Kier alpha value is -2.49. The molecule has 114 valence electrons. The number of methoxy groups -OCH3 is 2. The van der Waals surface area contributed by atoms with Gasteiger partial charge in [0, 0.05) is 5.92 Å². The highest BCUT2D eigenvalue weighted by Gasteiger charge is 2.36. The molecule has 4 heteroatoms. The largest absolute Gasteiger partial charge is 0.497 e. The van der Waals surface area contributed by atoms with Gasteiger partial charge in [0.2, 0.25) is 0 Å². The number of rotatable bonds is 4. The van der Waals surface area contributed by atoms with Gasteiger partial charge in [0.1, 0.15) is 17.6 Å². The van der Waals surface area contributed by atoms with Crippen molar-refractivity contribution in [1.82, 2.24) is 0 Å². The molecule has 0 radical (unpaired) electrons. The van der Waals surface area contributed by atoms with Crippen LogP contribution in [-0.4, -0.2) is 20.2 Å². The quantitative estimate of drug-likeness (QED) is 0.811. The SMILES string of the molecule is COc1ccc([C@@H]2CC(=O)O[C@H]2c2ccc(OC)cc2)cc1. The predicted octanol–water partition coefficient (Wildman–Crippen LogP) is 3.48. The first-order valence-electron chi connectivity index (χ1n) is 7.18. The van der Waals surface area contributed by atoms with E-state index in [1.54, 1.807) is 14.2 Å². The fraction of sp³-hybridized carbons (Fsp3) is 0.278. The minimum Gasteiger partial charge on any atom is -0.497 e. The third kappa shape index (κ3) is 2.77. The molecule has 1 saturated heterocycles. The average Bonchev–Trinajstić information content (AvgIpc) is 2.97. The molecule has 0 aliphatic carbocycles. The van der Waals surface area contributed by atoms with E-state index in [2.05, 4.69) is 0 Å². The van der Waals surface area contributed by atoms with Crippen molar-refractivity contribution in [2.24, 2.45) is 0 Å². The normalized spacial score (nSPS) is 20.5. The van der Waals surface area contributed by atoms with Crippen molar-refractivity contribution in [1.29, 1.82) is 0 Å². The van der Waals surface area contributed by atoms with Crippen LogP contribution < -0.4 is 9.47 Å². The van der Waals surface area contributed by atoms with E-state index < -0.39 is 0 Å². The Labute approximate surface area is 129 Å². The molecule has 0 bridgehead atoms. The van der Waals surface area contributed by atoms with Crippen LogP contribution in [0.1, 0.15) is 29.6 Å². The summed E-state index contributed by atoms with van der Waals surface area (Å²) >= 11 is 0. The Bertz CT molecular complexity index is 588. The Morgan fingerprint density at radius 2 is 1.36 bits per heavy atom. The number of carbonyl (C=O) groups excluding carboxylic acids is 1. The van der Waals surface area contributed by atoms with Gasteiger partial charge in [-0.1, -0.05) is 24.3 Å². The van der Waals surface area contributed by atoms with Gasteiger partial charge in [-0.3, -0.25) is 4.79 Å². The molecule has 3 rings (SSSR count). The van der Waals surface area contributed by atoms with E-state index in [0.717, 1.165) is 22.6 Å². The molecule has 2 atom stereocenters. The van der Waals surface area contributed by atoms with Gasteiger partial charge in [-0.2, -0.15) is 0 Å². The first-order chi connectivity index (χ1) is 10.7. The lowest BCUT2D eigenvalue weighted by Gasteiger charge is -2.18. The summed E-state index contributed by atoms with van der Waals surface area (Å²) in [7, 11) is 3.27. The zero-order valence-corrected chi connectivity index (χ0v) is 12.6. The first-order valence-corrected chi connectivity index (χ1v) is 7.18. The fourth-order valence-electron chi connectivity index (χ4n) is 2.80. The fourth-order valence-corrected chi connectivity index (χ4v) is 2.80. The molecule has 1 fully saturated rings. The Morgan fingerprint density at radius 1 is 0.864 bits per heavy atom. The van der Waals surface area contributed by atoms with Crippen LogP contribution in [0.5, 0.6) is 11.5 Å². The van der Waals surface area contributed by atoms with Crippen LogP contribution in [-0.2, 0) is 9.53 Å². The topological polar surface area (TPSA) is 44.8 Å². The maximum Gasteiger partial charge on any atom is 0.307 e. The molecule has 0 N–H and O–H groups in total. The van der Waals surface area contributed by atoms with E-state index in [0.29, 0.717) is 6.42 Å². The van der Waals surface area contributed by atoms with E-state index in [-0.39, 0.29) is 18.0 Å². The predicted molar refractivity (Wildman–Crippen MR) is 82.2 cm³/mol. The lowest BCUT2D eigenvalue weighted by atomic mass is 9.88. The monoisotopic (exact) mass is 298 g/mol. The van der Waals surface area contributed by atoms with E-state index in [9.17, 15) is 4.79 Å². The Morgan fingerprint density at radius 3 is 1.86 bits per heavy atom. The van der Waals surface area contributed by atoms with Crippen molar-refractivity contribution in [3.8, 4) is 11.5 Å². The molecule has 0 saturated carbocycles. The van der Waals surface area contributed by atoms with Crippen LogP contribution in [0, 0.1) is 0 Å². The molecule has 2 aromatic rings. The first kappa shape index (κ1) is 14.4. The summed E-state index contributed by atoms with van der Waals surface area (Å²) in [5, 5.41) is 0. The maximum atomic E-state index is 11.8. The van der Waals surface area contributed by atoms with Crippen molar-refractivity contribution in [2.45, 2.75) is 18.4 Å². The number of carbonyl (C=O) groups is 1. The smallest absolute Gasteiger partial charge is 0.307 e. The molecule has 1 heterocycles. The zero-order valence-electron chi connectivity index (χ0n) is 12.6. The zero-order chi connectivity index (χ0) is 15.5. The van der Waals surface area contributed by atoms with Gasteiger partial charge in [0.25, 0.3) is 0 Å². The summed E-state index contributed by atoms with van der Waals surface area (Å²) in [5.74, 6) is 1.44. The highest BCUT2D eigenvalue weighted by Crippen LogP contribution is 2.42. The highest BCUT2D eigenvalue weighted by atomic mass is 16.6. The van der Waals surface area contributed by atoms with Crippen molar-refractivity contribution < 1.29 is 19.0 Å². The van der Waals surface area contributed by atoms with Crippen LogP contribution >= 0.6 is 0 Å². The molecule has 0 aromatic heterocycles. The number of esters is 1. The summed E-state index contributed by atoms with van der Waals surface area (Å²) in [5.41, 5.74) is 2.06. The number of hydrogen-bond acceptors (Lipinski definition) is 4. The molecule has 22 heavy (non-hydrogen) atoms. The minimum atomic E-state index is -0.258. The molecule has 0 unspecified atom stereocenters. The second-order valence-electron chi connectivity index (χ2n) is 5.27. The molecule has 0 spiro atoms. The van der Waals surface area contributed by atoms with Crippen molar-refractivity contribution in [3.05, 3.63) is 59.7 Å².